The Morgan fingerprint density at radius 1 is 1.00 bits per heavy atom. The summed E-state index contributed by atoms with van der Waals surface area (Å²) < 4.78 is 44.0. The zero-order valence-electron chi connectivity index (χ0n) is 18.7. The predicted octanol–water partition coefficient (Wildman–Crippen LogP) is 5.84. The molecule has 4 aromatic rings. The van der Waals surface area contributed by atoms with Crippen molar-refractivity contribution in [1.29, 1.82) is 0 Å². The third kappa shape index (κ3) is 4.69. The van der Waals surface area contributed by atoms with Crippen molar-refractivity contribution in [3.8, 4) is 16.9 Å². The maximum atomic E-state index is 13.1. The molecule has 5 N–H and O–H groups in total. The third-order valence-corrected chi connectivity index (χ3v) is 7.26. The summed E-state index contributed by atoms with van der Waals surface area (Å²) in [5, 5.41) is 10.2. The van der Waals surface area contributed by atoms with Crippen molar-refractivity contribution in [2.75, 3.05) is 4.72 Å². The summed E-state index contributed by atoms with van der Waals surface area (Å²) in [5.41, 5.74) is 10.1. The van der Waals surface area contributed by atoms with E-state index in [0.717, 1.165) is 69.0 Å². The number of anilines is 1. The van der Waals surface area contributed by atoms with Gasteiger partial charge in [0.15, 0.2) is 5.69 Å². The molecule has 0 fully saturated rings. The number of halogens is 3. The monoisotopic (exact) mass is 527 g/mol. The molecule has 1 aliphatic rings. The molecule has 36 heavy (non-hydrogen) atoms. The fraction of sp³-hybridized carbons (Fsp3) is 0.120. The summed E-state index contributed by atoms with van der Waals surface area (Å²) in [6.07, 6.45) is -3.09. The van der Waals surface area contributed by atoms with Crippen LogP contribution in [0.15, 0.2) is 76.5 Å². The van der Waals surface area contributed by atoms with Crippen LogP contribution in [0.25, 0.3) is 16.9 Å². The summed E-state index contributed by atoms with van der Waals surface area (Å²) in [6.45, 7) is 0. The number of carbonyl (C=O) groups is 1. The van der Waals surface area contributed by atoms with Crippen LogP contribution in [-0.2, 0) is 19.0 Å². The fourth-order valence-corrected chi connectivity index (χ4v) is 5.19. The number of carbonyl (C=O) groups excluding carboxylic acids is 1. The maximum Gasteiger partial charge on any atom is 0.416 e. The predicted molar refractivity (Wildman–Crippen MR) is 136 cm³/mol. The quantitative estimate of drug-likeness (QED) is 0.273. The van der Waals surface area contributed by atoms with Crippen molar-refractivity contribution in [1.82, 2.24) is 9.78 Å². The van der Waals surface area contributed by atoms with Crippen molar-refractivity contribution < 1.29 is 18.0 Å². The van der Waals surface area contributed by atoms with E-state index < -0.39 is 17.6 Å². The number of benzene rings is 3. The van der Waals surface area contributed by atoms with Gasteiger partial charge in [-0.2, -0.15) is 18.3 Å². The van der Waals surface area contributed by atoms with Crippen molar-refractivity contribution in [2.24, 2.45) is 10.9 Å². The van der Waals surface area contributed by atoms with Gasteiger partial charge in [0.2, 0.25) is 0 Å². The number of fused-ring (bicyclic) bond motifs is 3. The van der Waals surface area contributed by atoms with Gasteiger partial charge in [0.05, 0.1) is 16.9 Å². The largest absolute Gasteiger partial charge is 0.416 e. The molecule has 1 aromatic heterocycles. The number of nitrogens with one attached hydrogen (secondary N) is 1. The molecule has 6 nitrogen and oxygen atoms in total. The van der Waals surface area contributed by atoms with Gasteiger partial charge in [0, 0.05) is 26.6 Å². The van der Waals surface area contributed by atoms with E-state index in [2.05, 4.69) is 9.82 Å². The van der Waals surface area contributed by atoms with Gasteiger partial charge >= 0.3 is 6.18 Å². The van der Waals surface area contributed by atoms with E-state index in [9.17, 15) is 18.0 Å². The Kier molecular flexibility index (Phi) is 6.45. The van der Waals surface area contributed by atoms with Crippen LogP contribution in [0.4, 0.5) is 18.9 Å². The molecule has 184 valence electrons. The lowest BCUT2D eigenvalue weighted by atomic mass is 9.88. The van der Waals surface area contributed by atoms with Crippen LogP contribution in [0.2, 0.25) is 0 Å². The summed E-state index contributed by atoms with van der Waals surface area (Å²) in [7, 11) is 0. The highest BCUT2D eigenvalue weighted by molar-refractivity contribution is 8.00. The van der Waals surface area contributed by atoms with E-state index in [1.807, 2.05) is 42.5 Å². The molecule has 1 amide bonds. The highest BCUT2D eigenvalue weighted by atomic mass is 32.2. The smallest absolute Gasteiger partial charge is 0.364 e. The molecular formula is C25H20F3N5OS2. The highest BCUT2D eigenvalue weighted by Crippen LogP contribution is 2.39. The second kappa shape index (κ2) is 9.57. The number of nitrogens with two attached hydrogens (primary N) is 2. The number of aromatic nitrogens is 2. The minimum Gasteiger partial charge on any atom is -0.364 e. The van der Waals surface area contributed by atoms with Gasteiger partial charge in [0.1, 0.15) is 0 Å². The lowest BCUT2D eigenvalue weighted by Gasteiger charge is -2.20. The average Bonchev–Trinajstić information content (AvgIpc) is 3.28. The molecule has 0 unspecified atom stereocenters. The van der Waals surface area contributed by atoms with Crippen molar-refractivity contribution in [2.45, 2.75) is 28.8 Å². The van der Waals surface area contributed by atoms with Gasteiger partial charge in [-0.1, -0.05) is 12.1 Å². The van der Waals surface area contributed by atoms with E-state index in [0.29, 0.717) is 23.4 Å². The van der Waals surface area contributed by atoms with Gasteiger partial charge in [-0.25, -0.2) is 4.68 Å². The minimum atomic E-state index is -4.41. The Bertz CT molecular complexity index is 1450. The molecular weight excluding hydrogens is 507 g/mol. The topological polar surface area (TPSA) is 99.0 Å². The number of hydrogen-bond acceptors (Lipinski definition) is 6. The Labute approximate surface area is 213 Å². The van der Waals surface area contributed by atoms with Gasteiger partial charge < -0.3 is 10.5 Å². The molecule has 0 saturated carbocycles. The van der Waals surface area contributed by atoms with Crippen LogP contribution >= 0.6 is 23.9 Å². The van der Waals surface area contributed by atoms with Crippen molar-refractivity contribution in [3.63, 3.8) is 0 Å². The SMILES string of the molecule is NSc1ccc(-n2nc(C(N)=O)c3c2-c2cc(NSc4cccc(C(F)(F)F)c4)ccc2CC3)cc1. The Morgan fingerprint density at radius 3 is 2.47 bits per heavy atom. The van der Waals surface area contributed by atoms with Gasteiger partial charge in [-0.15, -0.1) is 0 Å². The third-order valence-electron chi connectivity index (χ3n) is 5.89. The van der Waals surface area contributed by atoms with E-state index in [-0.39, 0.29) is 5.69 Å². The number of nitrogens with zero attached hydrogens (tertiary/aromatic N) is 2. The van der Waals surface area contributed by atoms with Crippen LogP contribution in [0.3, 0.4) is 0 Å². The standard InChI is InChI=1S/C25H20F3N5OS2/c26-25(27,28)15-2-1-3-19(12-15)36-32-16-6-4-14-5-11-20-22(24(29)34)31-33(23(20)21(14)13-16)17-7-9-18(35-30)10-8-17/h1-4,6-10,12-13,32H,5,11,30H2,(H2,29,34). The molecule has 11 heteroatoms. The first kappa shape index (κ1) is 24.3. The van der Waals surface area contributed by atoms with E-state index in [1.165, 1.54) is 6.07 Å². The van der Waals surface area contributed by atoms with Gasteiger partial charge in [-0.05, 0) is 96.9 Å². The van der Waals surface area contributed by atoms with Crippen molar-refractivity contribution >= 4 is 35.5 Å². The Hall–Kier alpha value is -3.41. The second-order valence-corrected chi connectivity index (χ2v) is 9.75. The number of primary amides is 1. The summed E-state index contributed by atoms with van der Waals surface area (Å²) >= 11 is 2.22. The first-order chi connectivity index (χ1) is 17.2. The molecule has 3 aromatic carbocycles. The number of hydrogen-bond donors (Lipinski definition) is 3. The maximum absolute atomic E-state index is 13.1. The molecule has 0 spiro atoms. The van der Waals surface area contributed by atoms with E-state index in [4.69, 9.17) is 10.9 Å². The zero-order chi connectivity index (χ0) is 25.4. The van der Waals surface area contributed by atoms with Crippen LogP contribution in [0.1, 0.15) is 27.2 Å². The summed E-state index contributed by atoms with van der Waals surface area (Å²) in [6, 6.07) is 18.4. The molecule has 5 rings (SSSR count). The lowest BCUT2D eigenvalue weighted by molar-refractivity contribution is -0.137. The van der Waals surface area contributed by atoms with Crippen LogP contribution in [0.5, 0.6) is 0 Å². The van der Waals surface area contributed by atoms with Crippen LogP contribution in [-0.4, -0.2) is 15.7 Å². The Balaban J connectivity index is 1.52. The molecule has 0 atom stereocenters. The fourth-order valence-electron chi connectivity index (χ4n) is 4.21. The molecule has 0 bridgehead atoms. The minimum absolute atomic E-state index is 0.227. The number of rotatable bonds is 6. The summed E-state index contributed by atoms with van der Waals surface area (Å²) in [5.74, 6) is -0.600. The first-order valence-electron chi connectivity index (χ1n) is 10.9. The molecule has 0 radical (unpaired) electrons. The Morgan fingerprint density at radius 2 is 1.78 bits per heavy atom. The first-order valence-corrected chi connectivity index (χ1v) is 12.6. The average molecular weight is 528 g/mol. The van der Waals surface area contributed by atoms with E-state index >= 15 is 0 Å². The highest BCUT2D eigenvalue weighted by Gasteiger charge is 2.31. The normalized spacial score (nSPS) is 12.7. The number of aryl methyl sites for hydroxylation is 1. The number of amides is 1. The lowest BCUT2D eigenvalue weighted by Crippen LogP contribution is -2.15. The molecule has 1 aliphatic carbocycles. The summed E-state index contributed by atoms with van der Waals surface area (Å²) in [4.78, 5) is 13.5. The molecule has 1 heterocycles. The van der Waals surface area contributed by atoms with Crippen LogP contribution < -0.4 is 15.6 Å². The molecule has 0 saturated heterocycles. The number of alkyl halides is 3. The van der Waals surface area contributed by atoms with E-state index in [1.54, 1.807) is 10.7 Å². The second-order valence-electron chi connectivity index (χ2n) is 8.17. The van der Waals surface area contributed by atoms with Gasteiger partial charge in [-0.3, -0.25) is 9.93 Å². The van der Waals surface area contributed by atoms with Crippen molar-refractivity contribution in [3.05, 3.63) is 89.1 Å². The van der Waals surface area contributed by atoms with Gasteiger partial charge in [0.25, 0.3) is 5.91 Å². The zero-order valence-corrected chi connectivity index (χ0v) is 20.3. The molecule has 0 aliphatic heterocycles. The van der Waals surface area contributed by atoms with Crippen LogP contribution in [0, 0.1) is 0 Å².